The number of carbonyl (C=O) groups excluding carboxylic acids is 2. The maximum absolute atomic E-state index is 12.2. The van der Waals surface area contributed by atoms with Crippen molar-refractivity contribution in [1.82, 2.24) is 10.0 Å². The first-order valence-electron chi connectivity index (χ1n) is 6.91. The molecule has 1 atom stereocenters. The van der Waals surface area contributed by atoms with Crippen LogP contribution in [0, 0.1) is 0 Å². The van der Waals surface area contributed by atoms with Crippen molar-refractivity contribution in [3.05, 3.63) is 46.6 Å². The van der Waals surface area contributed by atoms with E-state index in [4.69, 9.17) is 11.6 Å². The van der Waals surface area contributed by atoms with Crippen LogP contribution in [0.3, 0.4) is 0 Å². The quantitative estimate of drug-likeness (QED) is 0.843. The van der Waals surface area contributed by atoms with Crippen LogP contribution in [0.4, 0.5) is 0 Å². The summed E-state index contributed by atoms with van der Waals surface area (Å²) in [6.45, 7) is 5.57. The fourth-order valence-corrected chi connectivity index (χ4v) is 3.26. The number of ketones is 1. The lowest BCUT2D eigenvalue weighted by atomic mass is 9.92. The van der Waals surface area contributed by atoms with Gasteiger partial charge in [-0.15, -0.1) is 0 Å². The SMILES string of the molecule is CC(=O)C1=CN2C(=O)CC(C)(C)N2C1c1ccc(Cl)cc1. The fraction of sp³-hybridized carbons (Fsp3) is 0.375. The summed E-state index contributed by atoms with van der Waals surface area (Å²) in [6, 6.07) is 7.20. The summed E-state index contributed by atoms with van der Waals surface area (Å²) in [7, 11) is 0. The van der Waals surface area contributed by atoms with Gasteiger partial charge in [0.25, 0.3) is 0 Å². The lowest BCUT2D eigenvalue weighted by molar-refractivity contribution is -0.134. The minimum absolute atomic E-state index is 0.0204. The number of hydrogen-bond acceptors (Lipinski definition) is 3. The summed E-state index contributed by atoms with van der Waals surface area (Å²) in [5.41, 5.74) is 1.28. The summed E-state index contributed by atoms with van der Waals surface area (Å²) in [6.07, 6.45) is 2.12. The van der Waals surface area contributed by atoms with Crippen molar-refractivity contribution in [2.45, 2.75) is 38.8 Å². The predicted octanol–water partition coefficient (Wildman–Crippen LogP) is 3.10. The van der Waals surface area contributed by atoms with Crippen LogP contribution in [0.15, 0.2) is 36.0 Å². The normalized spacial score (nSPS) is 24.2. The summed E-state index contributed by atoms with van der Waals surface area (Å²) >= 11 is 5.95. The molecule has 0 aromatic heterocycles. The lowest BCUT2D eigenvalue weighted by Crippen LogP contribution is -2.44. The number of halogens is 1. The Kier molecular flexibility index (Phi) is 3.19. The Morgan fingerprint density at radius 1 is 1.29 bits per heavy atom. The molecule has 2 aliphatic rings. The van der Waals surface area contributed by atoms with E-state index in [0.717, 1.165) is 5.56 Å². The summed E-state index contributed by atoms with van der Waals surface area (Å²) in [5.74, 6) is 0.00293. The second kappa shape index (κ2) is 4.68. The van der Waals surface area contributed by atoms with Gasteiger partial charge >= 0.3 is 0 Å². The first kappa shape index (κ1) is 14.3. The van der Waals surface area contributed by atoms with Crippen molar-refractivity contribution >= 4 is 23.3 Å². The topological polar surface area (TPSA) is 40.6 Å². The van der Waals surface area contributed by atoms with Gasteiger partial charge in [0.15, 0.2) is 5.78 Å². The Morgan fingerprint density at radius 2 is 1.90 bits per heavy atom. The van der Waals surface area contributed by atoms with E-state index < -0.39 is 0 Å². The van der Waals surface area contributed by atoms with Gasteiger partial charge in [-0.3, -0.25) is 9.59 Å². The lowest BCUT2D eigenvalue weighted by Gasteiger charge is -2.36. The molecule has 1 saturated heterocycles. The molecule has 2 aliphatic heterocycles. The average Bonchev–Trinajstić information content (AvgIpc) is 2.89. The molecule has 110 valence electrons. The third-order valence-corrected chi connectivity index (χ3v) is 4.34. The standard InChI is InChI=1S/C16H17ClN2O2/c1-10(20)13-9-18-14(21)8-16(2,3)19(18)15(13)11-4-6-12(17)7-5-11/h4-7,9,15H,8H2,1-3H3. The van der Waals surface area contributed by atoms with E-state index in [2.05, 4.69) is 0 Å². The number of hydrazine groups is 1. The molecule has 1 unspecified atom stereocenters. The third kappa shape index (κ3) is 2.19. The average molecular weight is 305 g/mol. The number of carbonyl (C=O) groups is 2. The number of rotatable bonds is 2. The van der Waals surface area contributed by atoms with Gasteiger partial charge in [0, 0.05) is 28.8 Å². The minimum Gasteiger partial charge on any atom is -0.295 e. The van der Waals surface area contributed by atoms with Gasteiger partial charge in [0.2, 0.25) is 5.91 Å². The number of Topliss-reactive ketones (excluding diaryl/α,β-unsaturated/α-hetero) is 1. The summed E-state index contributed by atoms with van der Waals surface area (Å²) in [4.78, 5) is 24.2. The molecule has 1 fully saturated rings. The molecule has 3 rings (SSSR count). The van der Waals surface area contributed by atoms with Crippen molar-refractivity contribution in [2.24, 2.45) is 0 Å². The number of benzene rings is 1. The van der Waals surface area contributed by atoms with Crippen LogP contribution in [0.5, 0.6) is 0 Å². The van der Waals surface area contributed by atoms with Gasteiger partial charge in [-0.2, -0.15) is 5.01 Å². The van der Waals surface area contributed by atoms with Crippen LogP contribution in [-0.4, -0.2) is 27.2 Å². The summed E-state index contributed by atoms with van der Waals surface area (Å²) < 4.78 is 0. The number of nitrogens with zero attached hydrogens (tertiary/aromatic N) is 2. The first-order valence-corrected chi connectivity index (χ1v) is 7.28. The van der Waals surface area contributed by atoms with Crippen molar-refractivity contribution in [3.63, 3.8) is 0 Å². The zero-order chi connectivity index (χ0) is 15.4. The van der Waals surface area contributed by atoms with Gasteiger partial charge in [-0.1, -0.05) is 23.7 Å². The van der Waals surface area contributed by atoms with Crippen LogP contribution in [0.2, 0.25) is 5.02 Å². The Hall–Kier alpha value is -1.65. The molecule has 1 amide bonds. The summed E-state index contributed by atoms with van der Waals surface area (Å²) in [5, 5.41) is 4.24. The first-order chi connectivity index (χ1) is 9.81. The smallest absolute Gasteiger partial charge is 0.242 e. The maximum atomic E-state index is 12.2. The van der Waals surface area contributed by atoms with E-state index in [1.807, 2.05) is 43.1 Å². The molecule has 0 spiro atoms. The highest BCUT2D eigenvalue weighted by Crippen LogP contribution is 2.46. The van der Waals surface area contributed by atoms with Crippen molar-refractivity contribution in [2.75, 3.05) is 0 Å². The fourth-order valence-electron chi connectivity index (χ4n) is 3.14. The monoisotopic (exact) mass is 304 g/mol. The molecule has 1 aromatic rings. The zero-order valence-electron chi connectivity index (χ0n) is 12.3. The minimum atomic E-state index is -0.324. The Balaban J connectivity index is 2.11. The van der Waals surface area contributed by atoms with Gasteiger partial charge < -0.3 is 0 Å². The second-order valence-corrected chi connectivity index (χ2v) is 6.60. The Bertz CT molecular complexity index is 649. The molecule has 21 heavy (non-hydrogen) atoms. The van der Waals surface area contributed by atoms with E-state index >= 15 is 0 Å². The zero-order valence-corrected chi connectivity index (χ0v) is 13.0. The highest BCUT2D eigenvalue weighted by Gasteiger charge is 2.52. The van der Waals surface area contributed by atoms with Crippen LogP contribution in [0.25, 0.3) is 0 Å². The number of hydrogen-bond donors (Lipinski definition) is 0. The van der Waals surface area contributed by atoms with Crippen LogP contribution in [0.1, 0.15) is 38.8 Å². The van der Waals surface area contributed by atoms with Crippen LogP contribution >= 0.6 is 11.6 Å². The molecule has 1 aromatic carbocycles. The number of fused-ring (bicyclic) bond motifs is 1. The van der Waals surface area contributed by atoms with Gasteiger partial charge in [-0.25, -0.2) is 5.01 Å². The molecular formula is C16H17ClN2O2. The highest BCUT2D eigenvalue weighted by molar-refractivity contribution is 6.30. The molecule has 0 N–H and O–H groups in total. The van der Waals surface area contributed by atoms with Crippen molar-refractivity contribution in [1.29, 1.82) is 0 Å². The van der Waals surface area contributed by atoms with Gasteiger partial charge in [0.1, 0.15) is 0 Å². The number of amides is 1. The molecule has 5 heteroatoms. The van der Waals surface area contributed by atoms with E-state index in [-0.39, 0.29) is 23.3 Å². The van der Waals surface area contributed by atoms with Crippen molar-refractivity contribution < 1.29 is 9.59 Å². The molecule has 0 saturated carbocycles. The van der Waals surface area contributed by atoms with E-state index in [9.17, 15) is 9.59 Å². The van der Waals surface area contributed by atoms with E-state index in [1.165, 1.54) is 6.92 Å². The van der Waals surface area contributed by atoms with Crippen LogP contribution < -0.4 is 0 Å². The third-order valence-electron chi connectivity index (χ3n) is 4.08. The Morgan fingerprint density at radius 3 is 2.48 bits per heavy atom. The maximum Gasteiger partial charge on any atom is 0.242 e. The van der Waals surface area contributed by atoms with E-state index in [0.29, 0.717) is 17.0 Å². The van der Waals surface area contributed by atoms with Crippen LogP contribution in [-0.2, 0) is 9.59 Å². The van der Waals surface area contributed by atoms with E-state index in [1.54, 1.807) is 11.2 Å². The van der Waals surface area contributed by atoms with Gasteiger partial charge in [0.05, 0.1) is 6.04 Å². The molecule has 0 aliphatic carbocycles. The molecule has 0 bridgehead atoms. The molecule has 2 heterocycles. The molecule has 4 nitrogen and oxygen atoms in total. The Labute approximate surface area is 128 Å². The van der Waals surface area contributed by atoms with Crippen molar-refractivity contribution in [3.8, 4) is 0 Å². The molecule has 0 radical (unpaired) electrons. The second-order valence-electron chi connectivity index (χ2n) is 6.17. The van der Waals surface area contributed by atoms with Gasteiger partial charge in [-0.05, 0) is 38.5 Å². The highest BCUT2D eigenvalue weighted by atomic mass is 35.5. The predicted molar refractivity (Wildman–Crippen MR) is 80.3 cm³/mol. The largest absolute Gasteiger partial charge is 0.295 e. The molecular weight excluding hydrogens is 288 g/mol.